The SMILES string of the molecule is COc1cc2c(OC)cnc(O[C@@H]3C[C@H]4C(=O)N[C@]5(C(=O)NS(=O)(=O)C6CC6)C[C@H]5/C=C\[C@H](C)CCC[C@@H](C)[C@H](NC(=O)O)C(=O)N4C3)c2cc1F. The maximum absolute atomic E-state index is 14.9. The van der Waals surface area contributed by atoms with Crippen LogP contribution in [0.3, 0.4) is 0 Å². The van der Waals surface area contributed by atoms with Gasteiger partial charge in [-0.15, -0.1) is 0 Å². The van der Waals surface area contributed by atoms with Crippen molar-refractivity contribution in [1.82, 2.24) is 25.2 Å². The quantitative estimate of drug-likeness (QED) is 0.290. The van der Waals surface area contributed by atoms with Crippen LogP contribution >= 0.6 is 0 Å². The smallest absolute Gasteiger partial charge is 0.405 e. The summed E-state index contributed by atoms with van der Waals surface area (Å²) in [7, 11) is -1.19. The summed E-state index contributed by atoms with van der Waals surface area (Å²) in [6.07, 6.45) is 5.64. The van der Waals surface area contributed by atoms with E-state index in [4.69, 9.17) is 14.2 Å². The minimum atomic E-state index is -3.94. The number of nitrogens with one attached hydrogen (secondary N) is 3. The van der Waals surface area contributed by atoms with Gasteiger partial charge in [0.15, 0.2) is 11.6 Å². The first-order chi connectivity index (χ1) is 24.7. The zero-order chi connectivity index (χ0) is 37.5. The Balaban J connectivity index is 1.35. The summed E-state index contributed by atoms with van der Waals surface area (Å²) >= 11 is 0. The maximum Gasteiger partial charge on any atom is 0.405 e. The molecule has 2 aliphatic carbocycles. The zero-order valence-electron chi connectivity index (χ0n) is 29.4. The molecule has 6 rings (SSSR count). The molecule has 0 unspecified atom stereocenters. The summed E-state index contributed by atoms with van der Waals surface area (Å²) in [5, 5.41) is 14.9. The normalized spacial score (nSPS) is 30.1. The standard InChI is InChI=1S/C35H44FN5O10S/c1-18-6-5-7-19(2)29(38-34(45)46)32(43)41-17-21(51-31-24-13-25(36)27(49-3)14-23(24)28(50-4)16-37-31)12-26(41)30(42)39-35(15-20(35)9-8-18)33(44)40-52(47,48)22-10-11-22/h8-9,13-14,16,18-22,26,29,38H,5-7,10-12,15,17H2,1-4H3,(H,39,42)(H,40,44)(H,45,46)/b9-8-/t18-,19-,20-,21-,26+,29+,35-/m1/s1. The average molecular weight is 746 g/mol. The molecule has 1 aromatic carbocycles. The van der Waals surface area contributed by atoms with Gasteiger partial charge in [0.1, 0.15) is 29.5 Å². The van der Waals surface area contributed by atoms with Gasteiger partial charge in [-0.25, -0.2) is 22.6 Å². The van der Waals surface area contributed by atoms with Gasteiger partial charge in [0.05, 0.1) is 37.6 Å². The van der Waals surface area contributed by atoms with E-state index in [1.54, 1.807) is 6.92 Å². The number of allylic oxidation sites excluding steroid dienone is 1. The van der Waals surface area contributed by atoms with E-state index in [1.807, 2.05) is 19.1 Å². The number of carboxylic acid groups (broad SMARTS) is 1. The predicted molar refractivity (Wildman–Crippen MR) is 185 cm³/mol. The van der Waals surface area contributed by atoms with Crippen LogP contribution in [0.25, 0.3) is 10.8 Å². The van der Waals surface area contributed by atoms with Crippen LogP contribution in [0.15, 0.2) is 30.5 Å². The number of benzene rings is 1. The van der Waals surface area contributed by atoms with E-state index in [0.29, 0.717) is 43.2 Å². The Labute approximate surface area is 300 Å². The lowest BCUT2D eigenvalue weighted by atomic mass is 9.92. The Morgan fingerprint density at radius 1 is 1.06 bits per heavy atom. The molecule has 2 aliphatic heterocycles. The topological polar surface area (TPSA) is 203 Å². The van der Waals surface area contributed by atoms with Gasteiger partial charge >= 0.3 is 6.09 Å². The molecule has 1 saturated heterocycles. The minimum Gasteiger partial charge on any atom is -0.494 e. The second kappa shape index (κ2) is 14.4. The number of carbonyl (C=O) groups excluding carboxylic acids is 3. The van der Waals surface area contributed by atoms with E-state index in [0.717, 1.165) is 0 Å². The second-order valence-electron chi connectivity index (χ2n) is 14.3. The number of nitrogens with zero attached hydrogens (tertiary/aromatic N) is 2. The number of ether oxygens (including phenoxy) is 3. The number of carbonyl (C=O) groups is 4. The summed E-state index contributed by atoms with van der Waals surface area (Å²) in [6, 6.07) is 0.160. The van der Waals surface area contributed by atoms with Crippen molar-refractivity contribution in [2.24, 2.45) is 17.8 Å². The lowest BCUT2D eigenvalue weighted by molar-refractivity contribution is -0.142. The first-order valence-electron chi connectivity index (χ1n) is 17.4. The zero-order valence-corrected chi connectivity index (χ0v) is 30.2. The molecule has 4 N–H and O–H groups in total. The first kappa shape index (κ1) is 37.1. The average Bonchev–Trinajstić information content (AvgIpc) is 4.02. The molecular formula is C35H44FN5O10S. The third-order valence-electron chi connectivity index (χ3n) is 10.5. The summed E-state index contributed by atoms with van der Waals surface area (Å²) < 4.78 is 59.5. The van der Waals surface area contributed by atoms with Crippen LogP contribution in [0.4, 0.5) is 9.18 Å². The lowest BCUT2D eigenvalue weighted by Crippen LogP contribution is -2.59. The van der Waals surface area contributed by atoms with Crippen LogP contribution in [0.5, 0.6) is 17.4 Å². The van der Waals surface area contributed by atoms with Crippen LogP contribution in [0, 0.1) is 23.6 Å². The highest BCUT2D eigenvalue weighted by Crippen LogP contribution is 2.46. The van der Waals surface area contributed by atoms with Crippen molar-refractivity contribution in [3.8, 4) is 17.4 Å². The van der Waals surface area contributed by atoms with Gasteiger partial charge in [0.25, 0.3) is 5.91 Å². The van der Waals surface area contributed by atoms with Gasteiger partial charge in [-0.1, -0.05) is 32.4 Å². The van der Waals surface area contributed by atoms with Gasteiger partial charge in [0.2, 0.25) is 27.7 Å². The Morgan fingerprint density at radius 3 is 2.46 bits per heavy atom. The number of hydrogen-bond acceptors (Lipinski definition) is 10. The number of halogens is 1. The largest absolute Gasteiger partial charge is 0.494 e. The van der Waals surface area contributed by atoms with Crippen LogP contribution in [-0.2, 0) is 24.4 Å². The number of hydrogen-bond donors (Lipinski definition) is 4. The minimum absolute atomic E-state index is 0.00539. The number of aromatic nitrogens is 1. The van der Waals surface area contributed by atoms with E-state index in [-0.39, 0.29) is 42.3 Å². The maximum atomic E-state index is 14.9. The molecule has 3 heterocycles. The molecule has 52 heavy (non-hydrogen) atoms. The fraction of sp³-hybridized carbons (Fsp3) is 0.571. The number of pyridine rings is 1. The second-order valence-corrected chi connectivity index (χ2v) is 16.3. The molecule has 15 nitrogen and oxygen atoms in total. The number of fused-ring (bicyclic) bond motifs is 3. The van der Waals surface area contributed by atoms with E-state index >= 15 is 0 Å². The Morgan fingerprint density at radius 2 is 1.79 bits per heavy atom. The molecule has 282 valence electrons. The summed E-state index contributed by atoms with van der Waals surface area (Å²) in [5.74, 6) is -3.54. The van der Waals surface area contributed by atoms with Crippen molar-refractivity contribution in [2.45, 2.75) is 87.8 Å². The van der Waals surface area contributed by atoms with E-state index < -0.39 is 80.5 Å². The van der Waals surface area contributed by atoms with Crippen molar-refractivity contribution >= 4 is 44.6 Å². The molecular weight excluding hydrogens is 701 g/mol. The molecule has 4 aliphatic rings. The number of sulfonamides is 1. The van der Waals surface area contributed by atoms with Crippen LogP contribution < -0.4 is 29.6 Å². The highest BCUT2D eigenvalue weighted by Gasteiger charge is 2.62. The Hall–Kier alpha value is -4.67. The van der Waals surface area contributed by atoms with Gasteiger partial charge in [-0.05, 0) is 56.1 Å². The van der Waals surface area contributed by atoms with Crippen molar-refractivity contribution < 1.29 is 51.3 Å². The monoisotopic (exact) mass is 745 g/mol. The summed E-state index contributed by atoms with van der Waals surface area (Å²) in [5.41, 5.74) is -1.58. The third kappa shape index (κ3) is 7.45. The van der Waals surface area contributed by atoms with Crippen molar-refractivity contribution in [3.63, 3.8) is 0 Å². The fourth-order valence-electron chi connectivity index (χ4n) is 7.21. The van der Waals surface area contributed by atoms with E-state index in [9.17, 15) is 37.1 Å². The van der Waals surface area contributed by atoms with E-state index in [2.05, 4.69) is 20.3 Å². The molecule has 0 spiro atoms. The highest BCUT2D eigenvalue weighted by molar-refractivity contribution is 7.91. The predicted octanol–water partition coefficient (Wildman–Crippen LogP) is 2.87. The van der Waals surface area contributed by atoms with Crippen LogP contribution in [-0.4, -0.2) is 97.0 Å². The molecule has 2 saturated carbocycles. The highest BCUT2D eigenvalue weighted by atomic mass is 32.2. The molecule has 17 heteroatoms. The molecule has 4 amide bonds. The van der Waals surface area contributed by atoms with Gasteiger partial charge in [-0.2, -0.15) is 0 Å². The van der Waals surface area contributed by atoms with Gasteiger partial charge < -0.3 is 34.9 Å². The molecule has 3 fully saturated rings. The van der Waals surface area contributed by atoms with Crippen molar-refractivity contribution in [1.29, 1.82) is 0 Å². The lowest BCUT2D eigenvalue weighted by Gasteiger charge is -2.31. The van der Waals surface area contributed by atoms with Crippen molar-refractivity contribution in [3.05, 3.63) is 36.3 Å². The molecule has 1 aromatic heterocycles. The molecule has 2 aromatic rings. The third-order valence-corrected chi connectivity index (χ3v) is 12.3. The van der Waals surface area contributed by atoms with E-state index in [1.165, 1.54) is 37.4 Å². The Bertz CT molecular complexity index is 1910. The van der Waals surface area contributed by atoms with Gasteiger partial charge in [-0.3, -0.25) is 19.1 Å². The van der Waals surface area contributed by atoms with Crippen molar-refractivity contribution in [2.75, 3.05) is 20.8 Å². The molecule has 7 atom stereocenters. The van der Waals surface area contributed by atoms with Gasteiger partial charge in [0, 0.05) is 17.7 Å². The summed E-state index contributed by atoms with van der Waals surface area (Å²) in [4.78, 5) is 59.7. The first-order valence-corrected chi connectivity index (χ1v) is 18.9. The number of methoxy groups -OCH3 is 2. The number of rotatable bonds is 8. The fourth-order valence-corrected chi connectivity index (χ4v) is 8.57. The van der Waals surface area contributed by atoms with Crippen LogP contribution in [0.1, 0.15) is 58.8 Å². The molecule has 0 radical (unpaired) electrons. The Kier molecular flexibility index (Phi) is 10.3. The number of amides is 4. The summed E-state index contributed by atoms with van der Waals surface area (Å²) in [6.45, 7) is 3.58. The molecule has 0 bridgehead atoms. The van der Waals surface area contributed by atoms with Crippen LogP contribution in [0.2, 0.25) is 0 Å².